The van der Waals surface area contributed by atoms with E-state index in [0.717, 1.165) is 0 Å². The van der Waals surface area contributed by atoms with Crippen molar-refractivity contribution in [3.05, 3.63) is 55.9 Å². The van der Waals surface area contributed by atoms with E-state index >= 15 is 0 Å². The molecule has 0 aliphatic carbocycles. The monoisotopic (exact) mass is 281 g/mol. The highest BCUT2D eigenvalue weighted by atomic mass is 16.6. The Morgan fingerprint density at radius 3 is 2.48 bits per heavy atom. The lowest BCUT2D eigenvalue weighted by molar-refractivity contribution is -0.384. The summed E-state index contributed by atoms with van der Waals surface area (Å²) >= 11 is 0. The first-order valence-electron chi connectivity index (χ1n) is 5.60. The Bertz CT molecular complexity index is 886. The molecule has 2 rings (SSSR count). The average Bonchev–Trinajstić information content (AvgIpc) is 2.46. The Balaban J connectivity index is 2.90. The van der Waals surface area contributed by atoms with Crippen LogP contribution >= 0.6 is 0 Å². The highest BCUT2D eigenvalue weighted by Gasteiger charge is 2.19. The van der Waals surface area contributed by atoms with Crippen molar-refractivity contribution in [1.82, 2.24) is 4.98 Å². The maximum Gasteiger partial charge on any atom is 0.270 e. The van der Waals surface area contributed by atoms with Gasteiger partial charge < -0.3 is 10.7 Å². The van der Waals surface area contributed by atoms with E-state index in [0.29, 0.717) is 0 Å². The molecule has 0 aliphatic heterocycles. The molecule has 0 atom stereocenters. The third kappa shape index (κ3) is 2.29. The first-order valence-corrected chi connectivity index (χ1v) is 5.60. The molecule has 0 amide bonds. The second-order valence-corrected chi connectivity index (χ2v) is 4.02. The average molecular weight is 281 g/mol. The van der Waals surface area contributed by atoms with Crippen molar-refractivity contribution < 1.29 is 4.92 Å². The zero-order valence-corrected chi connectivity index (χ0v) is 10.5. The fraction of sp³-hybridized carbons (Fsp3) is 0. The molecule has 0 saturated heterocycles. The number of nitro groups is 1. The lowest BCUT2D eigenvalue weighted by Gasteiger charge is -2.08. The predicted octanol–water partition coefficient (Wildman–Crippen LogP) is 1.28. The van der Waals surface area contributed by atoms with E-state index in [1.165, 1.54) is 24.3 Å². The molecule has 0 bridgehead atoms. The first kappa shape index (κ1) is 13.8. The number of hydrogen-bond donors (Lipinski definition) is 2. The van der Waals surface area contributed by atoms with Gasteiger partial charge in [0.25, 0.3) is 11.2 Å². The van der Waals surface area contributed by atoms with Crippen LogP contribution in [0.1, 0.15) is 11.1 Å². The van der Waals surface area contributed by atoms with E-state index in [4.69, 9.17) is 16.3 Å². The fourth-order valence-electron chi connectivity index (χ4n) is 1.91. The smallest absolute Gasteiger partial charge is 0.270 e. The number of nitrogen functional groups attached to an aromatic ring is 1. The molecule has 0 saturated carbocycles. The van der Waals surface area contributed by atoms with Crippen LogP contribution in [0.2, 0.25) is 0 Å². The molecule has 0 spiro atoms. The molecular weight excluding hydrogens is 274 g/mol. The maximum atomic E-state index is 11.8. The quantitative estimate of drug-likeness (QED) is 0.625. The van der Waals surface area contributed by atoms with Crippen LogP contribution in [0, 0.1) is 32.8 Å². The molecule has 1 aromatic heterocycles. The molecule has 0 aliphatic rings. The largest absolute Gasteiger partial charge is 0.384 e. The van der Waals surface area contributed by atoms with Crippen LogP contribution in [0.5, 0.6) is 0 Å². The first-order chi connectivity index (χ1) is 9.99. The predicted molar refractivity (Wildman–Crippen MR) is 73.0 cm³/mol. The minimum absolute atomic E-state index is 0.00931. The molecule has 0 fully saturated rings. The number of non-ortho nitro benzene ring substituents is 1. The number of H-pyrrole nitrogens is 1. The molecule has 2 aromatic rings. The summed E-state index contributed by atoms with van der Waals surface area (Å²) in [5.74, 6) is -0.192. The van der Waals surface area contributed by atoms with Gasteiger partial charge in [0.1, 0.15) is 29.1 Å². The van der Waals surface area contributed by atoms with Gasteiger partial charge in [0.05, 0.1) is 4.92 Å². The number of anilines is 1. The van der Waals surface area contributed by atoms with E-state index in [9.17, 15) is 14.9 Å². The number of rotatable bonds is 2. The number of aromatic nitrogens is 1. The van der Waals surface area contributed by atoms with Gasteiger partial charge in [0.2, 0.25) is 0 Å². The van der Waals surface area contributed by atoms with Crippen LogP contribution in [-0.4, -0.2) is 9.91 Å². The Morgan fingerprint density at radius 2 is 1.90 bits per heavy atom. The third-order valence-electron chi connectivity index (χ3n) is 2.81. The van der Waals surface area contributed by atoms with Crippen LogP contribution in [-0.2, 0) is 0 Å². The number of aromatic amines is 1. The molecule has 1 heterocycles. The topological polar surface area (TPSA) is 150 Å². The zero-order valence-electron chi connectivity index (χ0n) is 10.5. The Morgan fingerprint density at radius 1 is 1.24 bits per heavy atom. The summed E-state index contributed by atoms with van der Waals surface area (Å²) in [6.07, 6.45) is 0. The van der Waals surface area contributed by atoms with Gasteiger partial charge in [-0.25, -0.2) is 0 Å². The van der Waals surface area contributed by atoms with E-state index in [2.05, 4.69) is 4.98 Å². The second kappa shape index (κ2) is 5.15. The Labute approximate surface area is 117 Å². The van der Waals surface area contributed by atoms with Crippen molar-refractivity contribution in [2.24, 2.45) is 0 Å². The summed E-state index contributed by atoms with van der Waals surface area (Å²) in [6, 6.07) is 8.79. The summed E-state index contributed by atoms with van der Waals surface area (Å²) in [7, 11) is 0. The van der Waals surface area contributed by atoms with Crippen molar-refractivity contribution in [2.75, 3.05) is 5.73 Å². The minimum Gasteiger partial charge on any atom is -0.384 e. The third-order valence-corrected chi connectivity index (χ3v) is 2.81. The van der Waals surface area contributed by atoms with Crippen LogP contribution in [0.3, 0.4) is 0 Å². The number of pyridine rings is 1. The van der Waals surface area contributed by atoms with Crippen LogP contribution in [0.25, 0.3) is 11.1 Å². The van der Waals surface area contributed by atoms with Crippen molar-refractivity contribution in [2.45, 2.75) is 0 Å². The van der Waals surface area contributed by atoms with Gasteiger partial charge in [-0.3, -0.25) is 14.9 Å². The van der Waals surface area contributed by atoms with E-state index in [-0.39, 0.29) is 33.8 Å². The number of nitrogens with zero attached hydrogens (tertiary/aromatic N) is 3. The van der Waals surface area contributed by atoms with Crippen molar-refractivity contribution in [3.8, 4) is 23.3 Å². The molecule has 1 aromatic carbocycles. The summed E-state index contributed by atoms with van der Waals surface area (Å²) < 4.78 is 0. The van der Waals surface area contributed by atoms with Gasteiger partial charge >= 0.3 is 0 Å². The number of nitro benzene ring substituents is 1. The fourth-order valence-corrected chi connectivity index (χ4v) is 1.91. The van der Waals surface area contributed by atoms with Gasteiger partial charge in [-0.05, 0) is 5.56 Å². The van der Waals surface area contributed by atoms with E-state index < -0.39 is 10.5 Å². The molecular formula is C13H7N5O3. The summed E-state index contributed by atoms with van der Waals surface area (Å²) in [5.41, 5.74) is 4.36. The van der Waals surface area contributed by atoms with Crippen LogP contribution in [0.15, 0.2) is 29.1 Å². The summed E-state index contributed by atoms with van der Waals surface area (Å²) in [6.45, 7) is 0. The van der Waals surface area contributed by atoms with Crippen molar-refractivity contribution in [3.63, 3.8) is 0 Å². The van der Waals surface area contributed by atoms with Crippen LogP contribution in [0.4, 0.5) is 11.5 Å². The molecule has 3 N–H and O–H groups in total. The van der Waals surface area contributed by atoms with Gasteiger partial charge in [0.15, 0.2) is 0 Å². The van der Waals surface area contributed by atoms with Gasteiger partial charge in [-0.15, -0.1) is 0 Å². The molecule has 0 unspecified atom stereocenters. The highest BCUT2D eigenvalue weighted by molar-refractivity contribution is 5.80. The Kier molecular flexibility index (Phi) is 3.38. The van der Waals surface area contributed by atoms with Crippen molar-refractivity contribution >= 4 is 11.5 Å². The standard InChI is InChI=1S/C13H7N5O3/c14-5-9-11(10(6-15)13(19)17-12(9)16)7-2-1-3-8(4-7)18(20)21/h1-4H,(H3,16,17,19). The van der Waals surface area contributed by atoms with Crippen LogP contribution < -0.4 is 11.3 Å². The number of benzene rings is 1. The summed E-state index contributed by atoms with van der Waals surface area (Å²) in [5, 5.41) is 29.1. The minimum atomic E-state index is -0.754. The number of hydrogen-bond acceptors (Lipinski definition) is 6. The van der Waals surface area contributed by atoms with E-state index in [1.54, 1.807) is 12.1 Å². The molecule has 0 radical (unpaired) electrons. The lowest BCUT2D eigenvalue weighted by atomic mass is 9.96. The van der Waals surface area contributed by atoms with E-state index in [1.807, 2.05) is 0 Å². The Hall–Kier alpha value is -3.65. The summed E-state index contributed by atoms with van der Waals surface area (Å²) in [4.78, 5) is 24.1. The lowest BCUT2D eigenvalue weighted by Crippen LogP contribution is -2.16. The normalized spacial score (nSPS) is 9.62. The molecule has 21 heavy (non-hydrogen) atoms. The number of nitrogens with one attached hydrogen (secondary N) is 1. The molecule has 8 nitrogen and oxygen atoms in total. The second-order valence-electron chi connectivity index (χ2n) is 4.02. The van der Waals surface area contributed by atoms with Gasteiger partial charge in [-0.1, -0.05) is 12.1 Å². The maximum absolute atomic E-state index is 11.8. The van der Waals surface area contributed by atoms with Crippen molar-refractivity contribution in [1.29, 1.82) is 10.5 Å². The van der Waals surface area contributed by atoms with Gasteiger partial charge in [0, 0.05) is 17.7 Å². The molecule has 102 valence electrons. The van der Waals surface area contributed by atoms with Gasteiger partial charge in [-0.2, -0.15) is 10.5 Å². The zero-order chi connectivity index (χ0) is 15.6. The SMILES string of the molecule is N#Cc1c(N)[nH]c(=O)c(C#N)c1-c1cccc([N+](=O)[O-])c1. The number of nitrogens with two attached hydrogens (primary N) is 1. The molecule has 8 heteroatoms. The number of nitriles is 2. The highest BCUT2D eigenvalue weighted by Crippen LogP contribution is 2.30.